The van der Waals surface area contributed by atoms with Gasteiger partial charge in [-0.25, -0.2) is 0 Å². The summed E-state index contributed by atoms with van der Waals surface area (Å²) in [5.41, 5.74) is 0.841. The van der Waals surface area contributed by atoms with E-state index in [2.05, 4.69) is 10.1 Å². The van der Waals surface area contributed by atoms with Gasteiger partial charge in [0, 0.05) is 21.3 Å². The molecule has 0 bridgehead atoms. The van der Waals surface area contributed by atoms with Crippen molar-refractivity contribution in [1.29, 1.82) is 0 Å². The molecule has 0 aliphatic carbocycles. The number of anilines is 1. The van der Waals surface area contributed by atoms with E-state index in [9.17, 15) is 4.79 Å². The van der Waals surface area contributed by atoms with Crippen LogP contribution in [0.1, 0.15) is 9.75 Å². The van der Waals surface area contributed by atoms with Crippen LogP contribution in [0.25, 0.3) is 0 Å². The minimum Gasteiger partial charge on any atom is -0.495 e. The lowest BCUT2D eigenvalue weighted by atomic mass is 10.3. The molecule has 0 fully saturated rings. The molecule has 0 aliphatic rings. The normalized spacial score (nSPS) is 10.2. The average molecular weight is 326 g/mol. The first-order valence-corrected chi connectivity index (χ1v) is 7.53. The van der Waals surface area contributed by atoms with Gasteiger partial charge >= 0.3 is 5.97 Å². The van der Waals surface area contributed by atoms with E-state index < -0.39 is 0 Å². The summed E-state index contributed by atoms with van der Waals surface area (Å²) in [5, 5.41) is 3.94. The lowest BCUT2D eigenvalue weighted by Crippen LogP contribution is -2.02. The lowest BCUT2D eigenvalue weighted by molar-refractivity contribution is -0.139. The number of hydrogen-bond acceptors (Lipinski definition) is 5. The molecule has 1 aromatic carbocycles. The quantitative estimate of drug-likeness (QED) is 0.822. The Balaban J connectivity index is 2.00. The molecule has 0 saturated carbocycles. The molecule has 1 N–H and O–H groups in total. The Hall–Kier alpha value is -1.72. The number of methoxy groups -OCH3 is 2. The number of esters is 1. The van der Waals surface area contributed by atoms with Crippen molar-refractivity contribution in [3.63, 3.8) is 0 Å². The third-order valence-corrected chi connectivity index (χ3v) is 4.20. The molecular weight excluding hydrogens is 310 g/mol. The number of halogens is 1. The van der Waals surface area contributed by atoms with Gasteiger partial charge in [0.25, 0.3) is 0 Å². The number of thiophene rings is 1. The van der Waals surface area contributed by atoms with Gasteiger partial charge in [-0.15, -0.1) is 11.3 Å². The smallest absolute Gasteiger partial charge is 0.310 e. The Morgan fingerprint density at radius 1 is 1.24 bits per heavy atom. The molecule has 2 rings (SSSR count). The van der Waals surface area contributed by atoms with E-state index in [1.807, 2.05) is 24.3 Å². The van der Waals surface area contributed by atoms with Gasteiger partial charge < -0.3 is 14.8 Å². The van der Waals surface area contributed by atoms with E-state index >= 15 is 0 Å². The van der Waals surface area contributed by atoms with E-state index in [4.69, 9.17) is 16.3 Å². The summed E-state index contributed by atoms with van der Waals surface area (Å²) in [5.74, 6) is 0.513. The van der Waals surface area contributed by atoms with Gasteiger partial charge in [-0.2, -0.15) is 0 Å². The fourth-order valence-corrected chi connectivity index (χ4v) is 2.94. The number of ether oxygens (including phenoxy) is 2. The van der Waals surface area contributed by atoms with E-state index in [-0.39, 0.29) is 5.97 Å². The van der Waals surface area contributed by atoms with Crippen LogP contribution in [0.2, 0.25) is 5.02 Å². The predicted molar refractivity (Wildman–Crippen MR) is 85.4 cm³/mol. The first-order chi connectivity index (χ1) is 10.1. The fraction of sp³-hybridized carbons (Fsp3) is 0.267. The number of hydrogen-bond donors (Lipinski definition) is 1. The molecule has 0 atom stereocenters. The summed E-state index contributed by atoms with van der Waals surface area (Å²) in [7, 11) is 3.01. The number of rotatable bonds is 6. The van der Waals surface area contributed by atoms with Gasteiger partial charge in [0.1, 0.15) is 5.75 Å². The highest BCUT2D eigenvalue weighted by molar-refractivity contribution is 7.12. The minimum absolute atomic E-state index is 0.229. The Bertz CT molecular complexity index is 627. The van der Waals surface area contributed by atoms with Crippen LogP contribution in [0.4, 0.5) is 5.69 Å². The van der Waals surface area contributed by atoms with Crippen molar-refractivity contribution in [1.82, 2.24) is 0 Å². The summed E-state index contributed by atoms with van der Waals surface area (Å²) < 4.78 is 9.94. The Morgan fingerprint density at radius 2 is 2.00 bits per heavy atom. The van der Waals surface area contributed by atoms with Crippen LogP contribution in [0.15, 0.2) is 30.3 Å². The zero-order valence-electron chi connectivity index (χ0n) is 11.8. The molecule has 0 saturated heterocycles. The second-order valence-corrected chi connectivity index (χ2v) is 6.01. The monoisotopic (exact) mass is 325 g/mol. The van der Waals surface area contributed by atoms with Crippen molar-refractivity contribution >= 4 is 34.6 Å². The SMILES string of the molecule is COC(=O)Cc1ccc(CNc2cc(Cl)ccc2OC)s1. The third-order valence-electron chi connectivity index (χ3n) is 2.88. The summed E-state index contributed by atoms with van der Waals surface area (Å²) in [4.78, 5) is 13.3. The number of carbonyl (C=O) groups excluding carboxylic acids is 1. The third kappa shape index (κ3) is 4.37. The highest BCUT2D eigenvalue weighted by atomic mass is 35.5. The first-order valence-electron chi connectivity index (χ1n) is 6.34. The van der Waals surface area contributed by atoms with E-state index in [0.717, 1.165) is 21.2 Å². The summed E-state index contributed by atoms with van der Waals surface area (Å²) >= 11 is 7.56. The Labute approximate surface area is 132 Å². The molecule has 1 aromatic heterocycles. The maximum atomic E-state index is 11.2. The van der Waals surface area contributed by atoms with Crippen LogP contribution in [0, 0.1) is 0 Å². The molecule has 21 heavy (non-hydrogen) atoms. The lowest BCUT2D eigenvalue weighted by Gasteiger charge is -2.10. The van der Waals surface area contributed by atoms with E-state index in [0.29, 0.717) is 18.0 Å². The largest absolute Gasteiger partial charge is 0.495 e. The van der Waals surface area contributed by atoms with Crippen molar-refractivity contribution in [3.05, 3.63) is 45.1 Å². The molecule has 4 nitrogen and oxygen atoms in total. The molecule has 1 heterocycles. The second kappa shape index (κ2) is 7.33. The highest BCUT2D eigenvalue weighted by Crippen LogP contribution is 2.28. The van der Waals surface area contributed by atoms with Crippen LogP contribution < -0.4 is 10.1 Å². The zero-order valence-corrected chi connectivity index (χ0v) is 13.4. The Morgan fingerprint density at radius 3 is 2.71 bits per heavy atom. The summed E-state index contributed by atoms with van der Waals surface area (Å²) in [6.45, 7) is 0.641. The molecule has 6 heteroatoms. The predicted octanol–water partition coefficient (Wildman–Crippen LogP) is 3.74. The van der Waals surface area contributed by atoms with Gasteiger partial charge in [0.2, 0.25) is 0 Å². The zero-order chi connectivity index (χ0) is 15.2. The summed E-state index contributed by atoms with van der Waals surface area (Å²) in [6.07, 6.45) is 0.307. The van der Waals surface area contributed by atoms with E-state index in [1.54, 1.807) is 24.5 Å². The highest BCUT2D eigenvalue weighted by Gasteiger charge is 2.08. The van der Waals surface area contributed by atoms with E-state index in [1.165, 1.54) is 7.11 Å². The van der Waals surface area contributed by atoms with Gasteiger partial charge in [-0.3, -0.25) is 4.79 Å². The van der Waals surface area contributed by atoms with Crippen LogP contribution in [0.5, 0.6) is 5.75 Å². The topological polar surface area (TPSA) is 47.6 Å². The fourth-order valence-electron chi connectivity index (χ4n) is 1.83. The molecule has 0 amide bonds. The number of carbonyl (C=O) groups is 1. The van der Waals surface area contributed by atoms with Gasteiger partial charge in [0.15, 0.2) is 0 Å². The van der Waals surface area contributed by atoms with Crippen molar-refractivity contribution in [2.45, 2.75) is 13.0 Å². The molecule has 112 valence electrons. The standard InChI is InChI=1S/C15H16ClNO3S/c1-19-14-6-3-10(16)7-13(14)17-9-12-5-4-11(21-12)8-15(18)20-2/h3-7,17H,8-9H2,1-2H3. The van der Waals surface area contributed by atoms with Gasteiger partial charge in [-0.1, -0.05) is 11.6 Å². The van der Waals surface area contributed by atoms with Crippen LogP contribution in [-0.4, -0.2) is 20.2 Å². The maximum Gasteiger partial charge on any atom is 0.310 e. The second-order valence-electron chi connectivity index (χ2n) is 4.32. The van der Waals surface area contributed by atoms with Crippen molar-refractivity contribution in [2.75, 3.05) is 19.5 Å². The average Bonchev–Trinajstić information content (AvgIpc) is 2.92. The van der Waals surface area contributed by atoms with Gasteiger partial charge in [-0.05, 0) is 30.3 Å². The molecule has 0 unspecified atom stereocenters. The number of nitrogens with one attached hydrogen (secondary N) is 1. The minimum atomic E-state index is -0.229. The van der Waals surface area contributed by atoms with Crippen molar-refractivity contribution in [3.8, 4) is 5.75 Å². The van der Waals surface area contributed by atoms with Crippen LogP contribution >= 0.6 is 22.9 Å². The Kier molecular flexibility index (Phi) is 5.47. The number of benzene rings is 1. The van der Waals surface area contributed by atoms with Crippen molar-refractivity contribution < 1.29 is 14.3 Å². The molecule has 2 aromatic rings. The molecule has 0 aliphatic heterocycles. The molecule has 0 spiro atoms. The van der Waals surface area contributed by atoms with Crippen LogP contribution in [-0.2, 0) is 22.5 Å². The van der Waals surface area contributed by atoms with Crippen LogP contribution in [0.3, 0.4) is 0 Å². The van der Waals surface area contributed by atoms with Crippen molar-refractivity contribution in [2.24, 2.45) is 0 Å². The van der Waals surface area contributed by atoms with Gasteiger partial charge in [0.05, 0.1) is 26.3 Å². The summed E-state index contributed by atoms with van der Waals surface area (Å²) in [6, 6.07) is 9.36. The maximum absolute atomic E-state index is 11.2. The molecule has 0 radical (unpaired) electrons. The first kappa shape index (κ1) is 15.7. The molecular formula is C15H16ClNO3S.